The van der Waals surface area contributed by atoms with Crippen LogP contribution >= 0.6 is 27.5 Å². The number of carbonyl (C=O) groups excluding carboxylic acids is 1. The van der Waals surface area contributed by atoms with Crippen LogP contribution in [0.25, 0.3) is 0 Å². The lowest BCUT2D eigenvalue weighted by molar-refractivity contribution is -0.121. The van der Waals surface area contributed by atoms with Crippen LogP contribution in [0, 0.1) is 0 Å². The molecule has 1 aliphatic carbocycles. The minimum atomic E-state index is -0.702. The molecular weight excluding hydrogens is 304 g/mol. The van der Waals surface area contributed by atoms with E-state index < -0.39 is 5.54 Å². The first-order valence-electron chi connectivity index (χ1n) is 5.57. The second-order valence-electron chi connectivity index (χ2n) is 4.45. The van der Waals surface area contributed by atoms with E-state index in [1.54, 1.807) is 18.2 Å². The highest BCUT2D eigenvalue weighted by molar-refractivity contribution is 9.10. The van der Waals surface area contributed by atoms with Crippen LogP contribution in [-0.2, 0) is 4.79 Å². The van der Waals surface area contributed by atoms with Crippen LogP contribution in [0.5, 0.6) is 0 Å². The molecule has 3 N–H and O–H groups in total. The topological polar surface area (TPSA) is 55.1 Å². The van der Waals surface area contributed by atoms with E-state index in [0.29, 0.717) is 10.7 Å². The zero-order valence-electron chi connectivity index (χ0n) is 9.30. The number of nitrogens with one attached hydrogen (secondary N) is 1. The van der Waals surface area contributed by atoms with Gasteiger partial charge in [-0.3, -0.25) is 4.79 Å². The van der Waals surface area contributed by atoms with Gasteiger partial charge in [0.1, 0.15) is 0 Å². The predicted octanol–water partition coefficient (Wildman–Crippen LogP) is 3.31. The lowest BCUT2D eigenvalue weighted by atomic mass is 9.98. The van der Waals surface area contributed by atoms with Gasteiger partial charge in [-0.05, 0) is 47.0 Å². The van der Waals surface area contributed by atoms with E-state index in [4.69, 9.17) is 17.3 Å². The summed E-state index contributed by atoms with van der Waals surface area (Å²) >= 11 is 9.21. The van der Waals surface area contributed by atoms with Gasteiger partial charge in [0.25, 0.3) is 0 Å². The molecule has 92 valence electrons. The van der Waals surface area contributed by atoms with Crippen LogP contribution in [0.1, 0.15) is 25.7 Å². The standard InChI is InChI=1S/C12H14BrClN2O/c13-9-7-8(3-4-10(9)14)16-11(17)12(15)5-1-2-6-12/h3-4,7H,1-2,5-6,15H2,(H,16,17). The van der Waals surface area contributed by atoms with Gasteiger partial charge >= 0.3 is 0 Å². The Labute approximate surface area is 114 Å². The van der Waals surface area contributed by atoms with Gasteiger partial charge in [0.15, 0.2) is 0 Å². The predicted molar refractivity (Wildman–Crippen MR) is 73.2 cm³/mol. The SMILES string of the molecule is NC1(C(=O)Nc2ccc(Cl)c(Br)c2)CCCC1. The fourth-order valence-corrected chi connectivity index (χ4v) is 2.56. The zero-order valence-corrected chi connectivity index (χ0v) is 11.6. The molecule has 2 rings (SSSR count). The molecule has 17 heavy (non-hydrogen) atoms. The van der Waals surface area contributed by atoms with Crippen molar-refractivity contribution in [2.24, 2.45) is 5.73 Å². The molecule has 0 bridgehead atoms. The molecule has 0 aliphatic heterocycles. The first-order chi connectivity index (χ1) is 8.01. The fraction of sp³-hybridized carbons (Fsp3) is 0.417. The van der Waals surface area contributed by atoms with E-state index in [2.05, 4.69) is 21.2 Å². The maximum absolute atomic E-state index is 12.0. The maximum Gasteiger partial charge on any atom is 0.244 e. The maximum atomic E-state index is 12.0. The summed E-state index contributed by atoms with van der Waals surface area (Å²) in [4.78, 5) is 12.0. The van der Waals surface area contributed by atoms with Crippen molar-refractivity contribution < 1.29 is 4.79 Å². The van der Waals surface area contributed by atoms with Gasteiger partial charge in [-0.2, -0.15) is 0 Å². The third kappa shape index (κ3) is 2.81. The number of anilines is 1. The monoisotopic (exact) mass is 316 g/mol. The van der Waals surface area contributed by atoms with E-state index in [0.717, 1.165) is 30.2 Å². The minimum absolute atomic E-state index is 0.107. The Morgan fingerprint density at radius 3 is 2.65 bits per heavy atom. The van der Waals surface area contributed by atoms with Crippen LogP contribution in [0.15, 0.2) is 22.7 Å². The third-order valence-corrected chi connectivity index (χ3v) is 4.34. The second-order valence-corrected chi connectivity index (χ2v) is 5.71. The zero-order chi connectivity index (χ0) is 12.5. The highest BCUT2D eigenvalue weighted by Gasteiger charge is 2.36. The average Bonchev–Trinajstić information content (AvgIpc) is 2.72. The number of rotatable bonds is 2. The molecule has 1 aromatic carbocycles. The van der Waals surface area contributed by atoms with Crippen LogP contribution in [-0.4, -0.2) is 11.4 Å². The van der Waals surface area contributed by atoms with Crippen LogP contribution in [0.4, 0.5) is 5.69 Å². The number of nitrogens with two attached hydrogens (primary N) is 1. The molecule has 1 saturated carbocycles. The lowest BCUT2D eigenvalue weighted by Crippen LogP contribution is -2.48. The molecule has 1 amide bonds. The smallest absolute Gasteiger partial charge is 0.244 e. The van der Waals surface area contributed by atoms with Crippen molar-refractivity contribution in [1.29, 1.82) is 0 Å². The Bertz CT molecular complexity index is 444. The van der Waals surface area contributed by atoms with Gasteiger partial charge < -0.3 is 11.1 Å². The summed E-state index contributed by atoms with van der Waals surface area (Å²) in [6.07, 6.45) is 3.56. The molecule has 1 aromatic rings. The van der Waals surface area contributed by atoms with E-state index >= 15 is 0 Å². The summed E-state index contributed by atoms with van der Waals surface area (Å²) in [6.45, 7) is 0. The van der Waals surface area contributed by atoms with Crippen LogP contribution in [0.2, 0.25) is 5.02 Å². The summed E-state index contributed by atoms with van der Waals surface area (Å²) in [5.74, 6) is -0.107. The van der Waals surface area contributed by atoms with Crippen molar-refractivity contribution in [3.63, 3.8) is 0 Å². The normalized spacial score (nSPS) is 18.1. The van der Waals surface area contributed by atoms with Gasteiger partial charge in [-0.1, -0.05) is 24.4 Å². The molecule has 5 heteroatoms. The fourth-order valence-electron chi connectivity index (χ4n) is 2.06. The molecule has 0 atom stereocenters. The molecule has 0 heterocycles. The average molecular weight is 318 g/mol. The Morgan fingerprint density at radius 2 is 2.06 bits per heavy atom. The minimum Gasteiger partial charge on any atom is -0.324 e. The lowest BCUT2D eigenvalue weighted by Gasteiger charge is -2.22. The Hall–Kier alpha value is -0.580. The van der Waals surface area contributed by atoms with Crippen molar-refractivity contribution in [3.05, 3.63) is 27.7 Å². The van der Waals surface area contributed by atoms with E-state index in [1.165, 1.54) is 0 Å². The largest absolute Gasteiger partial charge is 0.324 e. The van der Waals surface area contributed by atoms with E-state index in [-0.39, 0.29) is 5.91 Å². The first kappa shape index (κ1) is 12.9. The van der Waals surface area contributed by atoms with Gasteiger partial charge in [0.05, 0.1) is 10.6 Å². The van der Waals surface area contributed by atoms with Gasteiger partial charge in [0, 0.05) is 10.2 Å². The highest BCUT2D eigenvalue weighted by atomic mass is 79.9. The third-order valence-electron chi connectivity index (χ3n) is 3.13. The Kier molecular flexibility index (Phi) is 3.76. The molecule has 3 nitrogen and oxygen atoms in total. The number of carbonyl (C=O) groups is 1. The first-order valence-corrected chi connectivity index (χ1v) is 6.74. The van der Waals surface area contributed by atoms with Crippen molar-refractivity contribution >= 4 is 39.1 Å². The summed E-state index contributed by atoms with van der Waals surface area (Å²) in [5.41, 5.74) is 6.08. The second kappa shape index (κ2) is 4.96. The molecule has 1 fully saturated rings. The number of hydrogen-bond acceptors (Lipinski definition) is 2. The van der Waals surface area contributed by atoms with E-state index in [1.807, 2.05) is 0 Å². The van der Waals surface area contributed by atoms with E-state index in [9.17, 15) is 4.79 Å². The van der Waals surface area contributed by atoms with Gasteiger partial charge in [-0.15, -0.1) is 0 Å². The summed E-state index contributed by atoms with van der Waals surface area (Å²) in [5, 5.41) is 3.46. The molecule has 0 unspecified atom stereocenters. The van der Waals surface area contributed by atoms with Crippen molar-refractivity contribution in [1.82, 2.24) is 0 Å². The van der Waals surface area contributed by atoms with Gasteiger partial charge in [0.2, 0.25) is 5.91 Å². The number of amides is 1. The molecule has 1 aliphatic rings. The summed E-state index contributed by atoms with van der Waals surface area (Å²) < 4.78 is 0.759. The van der Waals surface area contributed by atoms with Crippen molar-refractivity contribution in [2.75, 3.05) is 5.32 Å². The Morgan fingerprint density at radius 1 is 1.41 bits per heavy atom. The van der Waals surface area contributed by atoms with Crippen molar-refractivity contribution in [3.8, 4) is 0 Å². The quantitative estimate of drug-likeness (QED) is 0.879. The van der Waals surface area contributed by atoms with Crippen LogP contribution in [0.3, 0.4) is 0 Å². The molecule has 0 radical (unpaired) electrons. The molecule has 0 saturated heterocycles. The summed E-state index contributed by atoms with van der Waals surface area (Å²) in [6, 6.07) is 5.28. The number of benzene rings is 1. The number of hydrogen-bond donors (Lipinski definition) is 2. The Balaban J connectivity index is 2.10. The van der Waals surface area contributed by atoms with Crippen LogP contribution < -0.4 is 11.1 Å². The van der Waals surface area contributed by atoms with Crippen molar-refractivity contribution in [2.45, 2.75) is 31.2 Å². The highest BCUT2D eigenvalue weighted by Crippen LogP contribution is 2.30. The number of halogens is 2. The molecule has 0 aromatic heterocycles. The van der Waals surface area contributed by atoms with Gasteiger partial charge in [-0.25, -0.2) is 0 Å². The molecular formula is C12H14BrClN2O. The molecule has 0 spiro atoms. The summed E-state index contributed by atoms with van der Waals surface area (Å²) in [7, 11) is 0.